The number of fused-ring (bicyclic) bond motifs is 1. The van der Waals surface area contributed by atoms with Crippen molar-refractivity contribution in [1.82, 2.24) is 4.57 Å². The molecule has 0 bridgehead atoms. The van der Waals surface area contributed by atoms with Crippen molar-refractivity contribution < 1.29 is 19.2 Å². The Labute approximate surface area is 260 Å². The highest BCUT2D eigenvalue weighted by Gasteiger charge is 2.27. The van der Waals surface area contributed by atoms with Crippen LogP contribution in [0.2, 0.25) is 5.02 Å². The van der Waals surface area contributed by atoms with Crippen molar-refractivity contribution in [2.45, 2.75) is 39.7 Å². The highest BCUT2D eigenvalue weighted by Crippen LogP contribution is 2.36. The summed E-state index contributed by atoms with van der Waals surface area (Å²) in [5, 5.41) is 15.4. The van der Waals surface area contributed by atoms with E-state index in [-0.39, 0.29) is 35.8 Å². The molecule has 0 aliphatic rings. The average Bonchev–Trinajstić information content (AvgIpc) is 3.32. The number of rotatable bonds is 11. The summed E-state index contributed by atoms with van der Waals surface area (Å²) in [6.45, 7) is 4.29. The summed E-state index contributed by atoms with van der Waals surface area (Å²) in [6.07, 6.45) is 3.28. The van der Waals surface area contributed by atoms with E-state index in [0.717, 1.165) is 36.0 Å². The van der Waals surface area contributed by atoms with E-state index < -0.39 is 16.8 Å². The monoisotopic (exact) mass is 609 g/mol. The van der Waals surface area contributed by atoms with Gasteiger partial charge in [-0.05, 0) is 66.3 Å². The Morgan fingerprint density at radius 3 is 2.36 bits per heavy atom. The van der Waals surface area contributed by atoms with Gasteiger partial charge in [0, 0.05) is 34.6 Å². The van der Waals surface area contributed by atoms with Crippen LogP contribution in [0, 0.1) is 10.1 Å². The Bertz CT molecular complexity index is 1850. The van der Waals surface area contributed by atoms with E-state index in [0.29, 0.717) is 15.9 Å². The second-order valence-electron chi connectivity index (χ2n) is 10.5. The second kappa shape index (κ2) is 13.6. The molecule has 0 aliphatic heterocycles. The SMILES string of the molecule is CCCCc1ccc(-c2ccc3c(NC(=O)c4cccc([N+](=O)[O-])c4)c(C(=O)OCC)n(Cc4cccc(Cl)c4)c3c2)cc1. The molecule has 0 saturated carbocycles. The first-order chi connectivity index (χ1) is 21.3. The van der Waals surface area contributed by atoms with Crippen molar-refractivity contribution in [3.8, 4) is 11.1 Å². The molecule has 0 fully saturated rings. The summed E-state index contributed by atoms with van der Waals surface area (Å²) in [5.41, 5.74) is 5.08. The number of ether oxygens (including phenoxy) is 1. The molecule has 5 rings (SSSR count). The molecule has 0 atom stereocenters. The highest BCUT2D eigenvalue weighted by atomic mass is 35.5. The summed E-state index contributed by atoms with van der Waals surface area (Å²) >= 11 is 6.30. The zero-order chi connectivity index (χ0) is 31.2. The molecular formula is C35H32ClN3O5. The molecule has 9 heteroatoms. The molecule has 8 nitrogen and oxygen atoms in total. The largest absolute Gasteiger partial charge is 0.461 e. The van der Waals surface area contributed by atoms with Crippen LogP contribution >= 0.6 is 11.6 Å². The lowest BCUT2D eigenvalue weighted by Crippen LogP contribution is -2.18. The Kier molecular flexibility index (Phi) is 9.41. The minimum Gasteiger partial charge on any atom is -0.461 e. The normalized spacial score (nSPS) is 11.0. The molecule has 1 amide bonds. The lowest BCUT2D eigenvalue weighted by atomic mass is 10.0. The number of carbonyl (C=O) groups is 2. The van der Waals surface area contributed by atoms with E-state index in [1.165, 1.54) is 29.8 Å². The predicted molar refractivity (Wildman–Crippen MR) is 174 cm³/mol. The number of amides is 1. The Morgan fingerprint density at radius 2 is 1.66 bits per heavy atom. The van der Waals surface area contributed by atoms with Crippen LogP contribution in [0.15, 0.2) is 91.0 Å². The van der Waals surface area contributed by atoms with Crippen LogP contribution in [0.4, 0.5) is 11.4 Å². The van der Waals surface area contributed by atoms with Crippen molar-refractivity contribution in [3.05, 3.63) is 129 Å². The number of carbonyl (C=O) groups excluding carboxylic acids is 2. The van der Waals surface area contributed by atoms with Crippen molar-refractivity contribution in [1.29, 1.82) is 0 Å². The second-order valence-corrected chi connectivity index (χ2v) is 10.9. The Balaban J connectivity index is 1.67. The molecule has 5 aromatic rings. The number of anilines is 1. The number of benzene rings is 4. The summed E-state index contributed by atoms with van der Waals surface area (Å²) < 4.78 is 7.29. The van der Waals surface area contributed by atoms with Crippen molar-refractivity contribution >= 4 is 45.8 Å². The molecule has 4 aromatic carbocycles. The molecule has 224 valence electrons. The van der Waals surface area contributed by atoms with Crippen LogP contribution in [0.5, 0.6) is 0 Å². The van der Waals surface area contributed by atoms with Gasteiger partial charge in [0.1, 0.15) is 0 Å². The number of hydrogen-bond donors (Lipinski definition) is 1. The molecule has 0 spiro atoms. The minimum absolute atomic E-state index is 0.0875. The highest BCUT2D eigenvalue weighted by molar-refractivity contribution is 6.30. The van der Waals surface area contributed by atoms with Gasteiger partial charge in [-0.2, -0.15) is 0 Å². The fourth-order valence-electron chi connectivity index (χ4n) is 5.24. The lowest BCUT2D eigenvalue weighted by Gasteiger charge is -2.13. The number of nitro benzene ring substituents is 1. The van der Waals surface area contributed by atoms with Gasteiger partial charge in [-0.3, -0.25) is 14.9 Å². The average molecular weight is 610 g/mol. The molecule has 0 unspecified atom stereocenters. The maximum absolute atomic E-state index is 13.5. The summed E-state index contributed by atoms with van der Waals surface area (Å²) in [6, 6.07) is 27.1. The predicted octanol–water partition coefficient (Wildman–Crippen LogP) is 8.69. The number of unbranched alkanes of at least 4 members (excludes halogenated alkanes) is 1. The van der Waals surface area contributed by atoms with Crippen LogP contribution in [0.1, 0.15) is 58.7 Å². The Hall–Kier alpha value is -4.95. The van der Waals surface area contributed by atoms with E-state index in [9.17, 15) is 19.7 Å². The summed E-state index contributed by atoms with van der Waals surface area (Å²) in [7, 11) is 0. The maximum Gasteiger partial charge on any atom is 0.357 e. The molecule has 0 radical (unpaired) electrons. The zero-order valence-corrected chi connectivity index (χ0v) is 25.3. The zero-order valence-electron chi connectivity index (χ0n) is 24.5. The van der Waals surface area contributed by atoms with Crippen LogP contribution in [0.25, 0.3) is 22.0 Å². The molecule has 1 N–H and O–H groups in total. The first-order valence-corrected chi connectivity index (χ1v) is 14.9. The number of aromatic nitrogens is 1. The van der Waals surface area contributed by atoms with Gasteiger partial charge in [0.05, 0.1) is 22.7 Å². The van der Waals surface area contributed by atoms with Crippen LogP contribution in [-0.4, -0.2) is 28.0 Å². The fraction of sp³-hybridized carbons (Fsp3) is 0.200. The van der Waals surface area contributed by atoms with Crippen LogP contribution < -0.4 is 5.32 Å². The smallest absolute Gasteiger partial charge is 0.357 e. The maximum atomic E-state index is 13.5. The minimum atomic E-state index is -0.609. The number of nitrogens with zero attached hydrogens (tertiary/aromatic N) is 2. The lowest BCUT2D eigenvalue weighted by molar-refractivity contribution is -0.384. The van der Waals surface area contributed by atoms with Crippen molar-refractivity contribution in [2.75, 3.05) is 11.9 Å². The van der Waals surface area contributed by atoms with Gasteiger partial charge in [-0.15, -0.1) is 0 Å². The van der Waals surface area contributed by atoms with Gasteiger partial charge in [-0.25, -0.2) is 4.79 Å². The summed E-state index contributed by atoms with van der Waals surface area (Å²) in [4.78, 5) is 37.8. The van der Waals surface area contributed by atoms with E-state index in [1.807, 2.05) is 41.0 Å². The molecular weight excluding hydrogens is 578 g/mol. The third-order valence-electron chi connectivity index (χ3n) is 7.43. The van der Waals surface area contributed by atoms with Gasteiger partial charge in [0.15, 0.2) is 5.69 Å². The van der Waals surface area contributed by atoms with Crippen molar-refractivity contribution in [2.24, 2.45) is 0 Å². The number of non-ortho nitro benzene ring substituents is 1. The van der Waals surface area contributed by atoms with Gasteiger partial charge in [-0.1, -0.05) is 79.5 Å². The van der Waals surface area contributed by atoms with E-state index >= 15 is 0 Å². The number of hydrogen-bond acceptors (Lipinski definition) is 5. The van der Waals surface area contributed by atoms with E-state index in [1.54, 1.807) is 13.0 Å². The van der Waals surface area contributed by atoms with E-state index in [2.05, 4.69) is 36.5 Å². The molecule has 44 heavy (non-hydrogen) atoms. The third-order valence-corrected chi connectivity index (χ3v) is 7.66. The number of aryl methyl sites for hydroxylation is 1. The quantitative estimate of drug-likeness (QED) is 0.0916. The topological polar surface area (TPSA) is 103 Å². The van der Waals surface area contributed by atoms with Gasteiger partial charge in [0.2, 0.25) is 0 Å². The van der Waals surface area contributed by atoms with Gasteiger partial charge < -0.3 is 14.6 Å². The number of esters is 1. The first-order valence-electron chi connectivity index (χ1n) is 14.5. The third kappa shape index (κ3) is 6.66. The van der Waals surface area contributed by atoms with E-state index in [4.69, 9.17) is 16.3 Å². The molecule has 1 heterocycles. The number of halogens is 1. The standard InChI is InChI=1S/C35H32ClN3O5/c1-3-5-8-23-13-15-25(16-14-23)26-17-18-30-31(21-26)38(22-24-9-6-11-28(36)19-24)33(35(41)44-4-2)32(30)37-34(40)27-10-7-12-29(20-27)39(42)43/h6-7,9-21H,3-5,8,22H2,1-2H3,(H,37,40). The summed E-state index contributed by atoms with van der Waals surface area (Å²) in [5.74, 6) is -1.20. The van der Waals surface area contributed by atoms with Crippen LogP contribution in [-0.2, 0) is 17.7 Å². The van der Waals surface area contributed by atoms with Gasteiger partial charge >= 0.3 is 5.97 Å². The fourth-order valence-corrected chi connectivity index (χ4v) is 5.45. The first kappa shape index (κ1) is 30.5. The van der Waals surface area contributed by atoms with Crippen LogP contribution in [0.3, 0.4) is 0 Å². The number of nitrogens with one attached hydrogen (secondary N) is 1. The Morgan fingerprint density at radius 1 is 0.909 bits per heavy atom. The molecule has 0 saturated heterocycles. The molecule has 1 aromatic heterocycles. The number of nitro groups is 1. The van der Waals surface area contributed by atoms with Crippen molar-refractivity contribution in [3.63, 3.8) is 0 Å². The molecule has 0 aliphatic carbocycles. The van der Waals surface area contributed by atoms with Gasteiger partial charge in [0.25, 0.3) is 11.6 Å².